The number of amides is 1. The fourth-order valence-corrected chi connectivity index (χ4v) is 4.32. The fraction of sp³-hybridized carbons (Fsp3) is 0.348. The Morgan fingerprint density at radius 3 is 2.61 bits per heavy atom. The Morgan fingerprint density at radius 2 is 1.87 bits per heavy atom. The molecule has 1 fully saturated rings. The van der Waals surface area contributed by atoms with E-state index in [2.05, 4.69) is 46.4 Å². The number of rotatable bonds is 3. The van der Waals surface area contributed by atoms with Gasteiger partial charge in [0, 0.05) is 36.9 Å². The number of halogens is 1. The zero-order chi connectivity index (χ0) is 21.4. The van der Waals surface area contributed by atoms with E-state index in [9.17, 15) is 4.79 Å². The number of ether oxygens (including phenoxy) is 1. The number of hydrogen-bond acceptors (Lipinski definition) is 5. The lowest BCUT2D eigenvalue weighted by Gasteiger charge is -2.36. The van der Waals surface area contributed by atoms with E-state index in [4.69, 9.17) is 16.3 Å². The molecule has 1 saturated heterocycles. The molecular weight excluding hydrogens is 414 g/mol. The van der Waals surface area contributed by atoms with E-state index in [1.165, 1.54) is 11.3 Å². The Labute approximate surface area is 186 Å². The van der Waals surface area contributed by atoms with Crippen LogP contribution in [0.1, 0.15) is 33.4 Å². The third-order valence-corrected chi connectivity index (χ3v) is 6.23. The molecule has 0 spiro atoms. The molecule has 0 saturated carbocycles. The highest BCUT2D eigenvalue weighted by Crippen LogP contribution is 2.28. The molecule has 3 aromatic rings. The molecule has 2 aliphatic rings. The average Bonchev–Trinajstić information content (AvgIpc) is 3.22. The molecule has 0 bridgehead atoms. The summed E-state index contributed by atoms with van der Waals surface area (Å²) in [6.07, 6.45) is -0.132. The molecule has 3 heterocycles. The minimum absolute atomic E-state index is 0.0707. The summed E-state index contributed by atoms with van der Waals surface area (Å²) in [7, 11) is 0. The Kier molecular flexibility index (Phi) is 5.38. The summed E-state index contributed by atoms with van der Waals surface area (Å²) in [6.45, 7) is 5.85. The minimum Gasteiger partial charge on any atom is -0.368 e. The summed E-state index contributed by atoms with van der Waals surface area (Å²) in [6, 6.07) is 16.1. The summed E-state index contributed by atoms with van der Waals surface area (Å²) in [5, 5.41) is 9.14. The molecule has 1 amide bonds. The van der Waals surface area contributed by atoms with Crippen LogP contribution >= 0.6 is 11.6 Å². The predicted octanol–water partition coefficient (Wildman–Crippen LogP) is 3.47. The molecular formula is C23H24ClN5O2. The summed E-state index contributed by atoms with van der Waals surface area (Å²) in [5.74, 6) is -0.0707. The van der Waals surface area contributed by atoms with Gasteiger partial charge in [0.1, 0.15) is 6.10 Å². The number of carbonyl (C=O) groups excluding carboxylic acids is 1. The van der Waals surface area contributed by atoms with Crippen molar-refractivity contribution in [2.75, 3.05) is 31.1 Å². The molecule has 1 aromatic heterocycles. The van der Waals surface area contributed by atoms with E-state index in [-0.39, 0.29) is 12.0 Å². The van der Waals surface area contributed by atoms with Crippen LogP contribution in [0.4, 0.5) is 5.69 Å². The van der Waals surface area contributed by atoms with Crippen molar-refractivity contribution >= 4 is 23.2 Å². The number of fused-ring (bicyclic) bond motifs is 1. The number of carbonyl (C=O) groups is 1. The van der Waals surface area contributed by atoms with Gasteiger partial charge in [-0.15, -0.1) is 5.10 Å². The fourth-order valence-electron chi connectivity index (χ4n) is 4.20. The molecule has 2 aromatic carbocycles. The molecule has 0 radical (unpaired) electrons. The second kappa shape index (κ2) is 8.32. The van der Waals surface area contributed by atoms with Crippen molar-refractivity contribution < 1.29 is 9.53 Å². The largest absolute Gasteiger partial charge is 0.368 e. The van der Waals surface area contributed by atoms with Crippen LogP contribution in [0.25, 0.3) is 0 Å². The molecule has 0 N–H and O–H groups in total. The minimum atomic E-state index is -0.132. The molecule has 0 aliphatic carbocycles. The van der Waals surface area contributed by atoms with Crippen molar-refractivity contribution in [2.24, 2.45) is 0 Å². The van der Waals surface area contributed by atoms with Crippen LogP contribution in [0, 0.1) is 6.92 Å². The Hall–Kier alpha value is -2.90. The van der Waals surface area contributed by atoms with Crippen LogP contribution in [-0.2, 0) is 17.9 Å². The number of piperazine rings is 1. The second-order valence-corrected chi connectivity index (χ2v) is 8.47. The number of hydrogen-bond donors (Lipinski definition) is 0. The topological polar surface area (TPSA) is 63.5 Å². The highest BCUT2D eigenvalue weighted by Gasteiger charge is 2.31. The van der Waals surface area contributed by atoms with Gasteiger partial charge in [0.25, 0.3) is 5.91 Å². The van der Waals surface area contributed by atoms with E-state index in [0.717, 1.165) is 24.3 Å². The van der Waals surface area contributed by atoms with Crippen molar-refractivity contribution in [3.63, 3.8) is 0 Å². The molecule has 1 atom stereocenters. The number of benzene rings is 2. The summed E-state index contributed by atoms with van der Waals surface area (Å²) in [5.41, 5.74) is 4.62. The van der Waals surface area contributed by atoms with E-state index < -0.39 is 0 Å². The molecule has 5 rings (SSSR count). The SMILES string of the molecule is Cc1cccc(N2CCN(C(=O)c3nnn4c3CO[C@H](c3ccc(Cl)cc3)C4)CC2)c1. The van der Waals surface area contributed by atoms with Gasteiger partial charge < -0.3 is 14.5 Å². The Bertz CT molecular complexity index is 1090. The van der Waals surface area contributed by atoms with Crippen LogP contribution in [0.15, 0.2) is 48.5 Å². The highest BCUT2D eigenvalue weighted by molar-refractivity contribution is 6.30. The smallest absolute Gasteiger partial charge is 0.276 e. The molecule has 8 heteroatoms. The highest BCUT2D eigenvalue weighted by atomic mass is 35.5. The van der Waals surface area contributed by atoms with Gasteiger partial charge in [-0.3, -0.25) is 4.79 Å². The van der Waals surface area contributed by atoms with E-state index in [1.807, 2.05) is 29.2 Å². The Morgan fingerprint density at radius 1 is 1.10 bits per heavy atom. The van der Waals surface area contributed by atoms with Crippen molar-refractivity contribution in [1.82, 2.24) is 19.9 Å². The number of anilines is 1. The normalized spacial score (nSPS) is 18.7. The third-order valence-electron chi connectivity index (χ3n) is 5.98. The quantitative estimate of drug-likeness (QED) is 0.627. The van der Waals surface area contributed by atoms with Gasteiger partial charge in [-0.05, 0) is 42.3 Å². The van der Waals surface area contributed by atoms with E-state index in [0.29, 0.717) is 37.0 Å². The van der Waals surface area contributed by atoms with E-state index >= 15 is 0 Å². The van der Waals surface area contributed by atoms with Gasteiger partial charge >= 0.3 is 0 Å². The van der Waals surface area contributed by atoms with Crippen LogP contribution in [0.3, 0.4) is 0 Å². The maximum atomic E-state index is 13.1. The monoisotopic (exact) mass is 437 g/mol. The van der Waals surface area contributed by atoms with Crippen LogP contribution in [0.2, 0.25) is 5.02 Å². The van der Waals surface area contributed by atoms with Gasteiger partial charge in [-0.25, -0.2) is 4.68 Å². The summed E-state index contributed by atoms with van der Waals surface area (Å²) >= 11 is 5.98. The molecule has 31 heavy (non-hydrogen) atoms. The maximum absolute atomic E-state index is 13.1. The third kappa shape index (κ3) is 4.03. The lowest BCUT2D eigenvalue weighted by molar-refractivity contribution is -0.00196. The first-order chi connectivity index (χ1) is 15.1. The molecule has 7 nitrogen and oxygen atoms in total. The van der Waals surface area contributed by atoms with E-state index in [1.54, 1.807) is 4.68 Å². The van der Waals surface area contributed by atoms with Crippen LogP contribution in [-0.4, -0.2) is 52.0 Å². The first-order valence-corrected chi connectivity index (χ1v) is 10.9. The number of aryl methyl sites for hydroxylation is 1. The molecule has 0 unspecified atom stereocenters. The van der Waals surface area contributed by atoms with Crippen LogP contribution in [0.5, 0.6) is 0 Å². The van der Waals surface area contributed by atoms with Crippen molar-refractivity contribution in [1.29, 1.82) is 0 Å². The Balaban J connectivity index is 1.25. The first kappa shape index (κ1) is 20.0. The van der Waals surface area contributed by atoms with Crippen molar-refractivity contribution in [2.45, 2.75) is 26.2 Å². The average molecular weight is 438 g/mol. The van der Waals surface area contributed by atoms with Gasteiger partial charge in [0.2, 0.25) is 0 Å². The van der Waals surface area contributed by atoms with Crippen molar-refractivity contribution in [3.05, 3.63) is 76.1 Å². The molecule has 160 valence electrons. The van der Waals surface area contributed by atoms with Gasteiger partial charge in [-0.2, -0.15) is 0 Å². The summed E-state index contributed by atoms with van der Waals surface area (Å²) in [4.78, 5) is 17.3. The first-order valence-electron chi connectivity index (χ1n) is 10.5. The summed E-state index contributed by atoms with van der Waals surface area (Å²) < 4.78 is 7.82. The predicted molar refractivity (Wildman–Crippen MR) is 118 cm³/mol. The maximum Gasteiger partial charge on any atom is 0.276 e. The zero-order valence-corrected chi connectivity index (χ0v) is 18.1. The standard InChI is InChI=1S/C23H24ClN5O2/c1-16-3-2-4-19(13-16)27-9-11-28(12-10-27)23(30)22-20-15-31-21(14-29(20)26-25-22)17-5-7-18(24)8-6-17/h2-8,13,21H,9-12,14-15H2,1H3/t21-/m0/s1. The zero-order valence-electron chi connectivity index (χ0n) is 17.4. The number of nitrogens with zero attached hydrogens (tertiary/aromatic N) is 5. The second-order valence-electron chi connectivity index (χ2n) is 8.04. The van der Waals surface area contributed by atoms with Gasteiger partial charge in [0.15, 0.2) is 5.69 Å². The number of aromatic nitrogens is 3. The lowest BCUT2D eigenvalue weighted by atomic mass is 10.1. The lowest BCUT2D eigenvalue weighted by Crippen LogP contribution is -2.49. The van der Waals surface area contributed by atoms with Crippen molar-refractivity contribution in [3.8, 4) is 0 Å². The molecule has 2 aliphatic heterocycles. The van der Waals surface area contributed by atoms with Crippen LogP contribution < -0.4 is 4.90 Å². The van der Waals surface area contributed by atoms with Gasteiger partial charge in [-0.1, -0.05) is 41.1 Å². The van der Waals surface area contributed by atoms with Gasteiger partial charge in [0.05, 0.1) is 18.8 Å².